The number of hydrogen-bond acceptors (Lipinski definition) is 5. The van der Waals surface area contributed by atoms with Crippen molar-refractivity contribution in [2.24, 2.45) is 0 Å². The molecular weight excluding hydrogens is 214 g/mol. The molecule has 2 rings (SSSR count). The third-order valence-corrected chi connectivity index (χ3v) is 2.40. The second kappa shape index (κ2) is 5.34. The summed E-state index contributed by atoms with van der Waals surface area (Å²) in [5, 5.41) is 0. The van der Waals surface area contributed by atoms with Gasteiger partial charge in [-0.15, -0.1) is 0 Å². The Bertz CT molecular complexity index is 471. The monoisotopic (exact) mass is 229 g/mol. The van der Waals surface area contributed by atoms with Crippen molar-refractivity contribution in [3.63, 3.8) is 0 Å². The van der Waals surface area contributed by atoms with E-state index in [9.17, 15) is 0 Å². The first kappa shape index (κ1) is 11.4. The first-order chi connectivity index (χ1) is 8.29. The van der Waals surface area contributed by atoms with E-state index in [4.69, 9.17) is 0 Å². The minimum absolute atomic E-state index is 0.640. The molecule has 0 bridgehead atoms. The lowest BCUT2D eigenvalue weighted by molar-refractivity contribution is 0.809. The van der Waals surface area contributed by atoms with Crippen molar-refractivity contribution >= 4 is 5.82 Å². The molecule has 5 heteroatoms. The zero-order chi connectivity index (χ0) is 12.1. The van der Waals surface area contributed by atoms with E-state index in [0.29, 0.717) is 6.54 Å². The lowest BCUT2D eigenvalue weighted by atomic mass is 10.4. The van der Waals surface area contributed by atoms with Crippen LogP contribution in [0, 0.1) is 0 Å². The molecule has 0 aliphatic heterocycles. The topological polar surface area (TPSA) is 54.8 Å². The van der Waals surface area contributed by atoms with Gasteiger partial charge in [0.25, 0.3) is 0 Å². The van der Waals surface area contributed by atoms with Crippen molar-refractivity contribution in [3.8, 4) is 0 Å². The standard InChI is InChI=1S/C12H15N5/c1-3-10-15-8-5-12(16-10)17(2)9-11-13-6-4-7-14-11/h4-8H,3,9H2,1-2H3. The van der Waals surface area contributed by atoms with Crippen LogP contribution >= 0.6 is 0 Å². The molecule has 0 saturated heterocycles. The molecule has 2 aromatic rings. The van der Waals surface area contributed by atoms with Gasteiger partial charge in [-0.25, -0.2) is 19.9 Å². The molecular formula is C12H15N5. The minimum atomic E-state index is 0.640. The largest absolute Gasteiger partial charge is 0.352 e. The zero-order valence-electron chi connectivity index (χ0n) is 10.0. The molecule has 17 heavy (non-hydrogen) atoms. The van der Waals surface area contributed by atoms with Gasteiger partial charge in [0.05, 0.1) is 6.54 Å². The van der Waals surface area contributed by atoms with Gasteiger partial charge in [-0.2, -0.15) is 0 Å². The number of hydrogen-bond donors (Lipinski definition) is 0. The predicted octanol–water partition coefficient (Wildman–Crippen LogP) is 1.47. The third-order valence-electron chi connectivity index (χ3n) is 2.40. The highest BCUT2D eigenvalue weighted by molar-refractivity contribution is 5.36. The van der Waals surface area contributed by atoms with Gasteiger partial charge in [0.2, 0.25) is 0 Å². The summed E-state index contributed by atoms with van der Waals surface area (Å²) in [5.74, 6) is 2.53. The SMILES string of the molecule is CCc1nccc(N(C)Cc2ncccn2)n1. The Morgan fingerprint density at radius 3 is 2.47 bits per heavy atom. The Kier molecular flexibility index (Phi) is 3.59. The van der Waals surface area contributed by atoms with Crippen molar-refractivity contribution in [3.05, 3.63) is 42.4 Å². The van der Waals surface area contributed by atoms with Crippen LogP contribution in [0.1, 0.15) is 18.6 Å². The van der Waals surface area contributed by atoms with E-state index >= 15 is 0 Å². The molecule has 0 unspecified atom stereocenters. The fourth-order valence-corrected chi connectivity index (χ4v) is 1.48. The Labute approximate surface area is 101 Å². The number of anilines is 1. The number of aryl methyl sites for hydroxylation is 1. The summed E-state index contributed by atoms with van der Waals surface area (Å²) in [4.78, 5) is 19.0. The van der Waals surface area contributed by atoms with Gasteiger partial charge in [-0.3, -0.25) is 0 Å². The van der Waals surface area contributed by atoms with E-state index in [1.807, 2.05) is 31.0 Å². The predicted molar refractivity (Wildman–Crippen MR) is 65.5 cm³/mol. The maximum absolute atomic E-state index is 4.45. The van der Waals surface area contributed by atoms with Gasteiger partial charge in [-0.1, -0.05) is 6.92 Å². The Hall–Kier alpha value is -2.04. The summed E-state index contributed by atoms with van der Waals surface area (Å²) in [5.41, 5.74) is 0. The lowest BCUT2D eigenvalue weighted by Gasteiger charge is -2.17. The van der Waals surface area contributed by atoms with Gasteiger partial charge in [0.15, 0.2) is 0 Å². The number of aromatic nitrogens is 4. The van der Waals surface area contributed by atoms with Gasteiger partial charge in [0.1, 0.15) is 17.5 Å². The highest BCUT2D eigenvalue weighted by atomic mass is 15.2. The molecule has 0 fully saturated rings. The van der Waals surface area contributed by atoms with Crippen LogP contribution in [-0.2, 0) is 13.0 Å². The summed E-state index contributed by atoms with van der Waals surface area (Å²) >= 11 is 0. The summed E-state index contributed by atoms with van der Waals surface area (Å²) in [6, 6.07) is 3.70. The minimum Gasteiger partial charge on any atom is -0.352 e. The molecule has 5 nitrogen and oxygen atoms in total. The van der Waals surface area contributed by atoms with Gasteiger partial charge >= 0.3 is 0 Å². The second-order valence-electron chi connectivity index (χ2n) is 3.71. The molecule has 0 amide bonds. The molecule has 0 saturated carbocycles. The van der Waals surface area contributed by atoms with E-state index in [0.717, 1.165) is 23.9 Å². The van der Waals surface area contributed by atoms with Crippen LogP contribution in [0.2, 0.25) is 0 Å². The molecule has 0 N–H and O–H groups in total. The molecule has 0 aliphatic rings. The summed E-state index contributed by atoms with van der Waals surface area (Å²) < 4.78 is 0. The fourth-order valence-electron chi connectivity index (χ4n) is 1.48. The maximum atomic E-state index is 4.45. The van der Waals surface area contributed by atoms with Crippen LogP contribution in [-0.4, -0.2) is 27.0 Å². The Morgan fingerprint density at radius 1 is 1.06 bits per heavy atom. The normalized spacial score (nSPS) is 10.2. The first-order valence-electron chi connectivity index (χ1n) is 5.58. The average molecular weight is 229 g/mol. The fraction of sp³-hybridized carbons (Fsp3) is 0.333. The van der Waals surface area contributed by atoms with Crippen LogP contribution in [0.4, 0.5) is 5.82 Å². The van der Waals surface area contributed by atoms with E-state index in [1.165, 1.54) is 0 Å². The molecule has 0 radical (unpaired) electrons. The molecule has 2 aromatic heterocycles. The smallest absolute Gasteiger partial charge is 0.147 e. The molecule has 0 aliphatic carbocycles. The summed E-state index contributed by atoms with van der Waals surface area (Å²) in [6.07, 6.45) is 6.11. The maximum Gasteiger partial charge on any atom is 0.147 e. The van der Waals surface area contributed by atoms with E-state index < -0.39 is 0 Å². The molecule has 0 aromatic carbocycles. The van der Waals surface area contributed by atoms with Crippen molar-refractivity contribution < 1.29 is 0 Å². The van der Waals surface area contributed by atoms with Gasteiger partial charge < -0.3 is 4.90 Å². The van der Waals surface area contributed by atoms with Crippen molar-refractivity contribution in [2.45, 2.75) is 19.9 Å². The Balaban J connectivity index is 2.11. The number of rotatable bonds is 4. The van der Waals surface area contributed by atoms with Crippen LogP contribution in [0.15, 0.2) is 30.7 Å². The first-order valence-corrected chi connectivity index (χ1v) is 5.58. The highest BCUT2D eigenvalue weighted by Gasteiger charge is 2.05. The van der Waals surface area contributed by atoms with Crippen LogP contribution in [0.5, 0.6) is 0 Å². The van der Waals surface area contributed by atoms with E-state index in [-0.39, 0.29) is 0 Å². The van der Waals surface area contributed by atoms with Crippen LogP contribution in [0.25, 0.3) is 0 Å². The van der Waals surface area contributed by atoms with Gasteiger partial charge in [-0.05, 0) is 12.1 Å². The molecule has 2 heterocycles. The molecule has 0 spiro atoms. The van der Waals surface area contributed by atoms with Gasteiger partial charge in [0, 0.05) is 32.1 Å². The van der Waals surface area contributed by atoms with E-state index in [1.54, 1.807) is 18.6 Å². The second-order valence-corrected chi connectivity index (χ2v) is 3.71. The quantitative estimate of drug-likeness (QED) is 0.794. The molecule has 88 valence electrons. The summed E-state index contributed by atoms with van der Waals surface area (Å²) in [7, 11) is 1.97. The van der Waals surface area contributed by atoms with Crippen LogP contribution < -0.4 is 4.90 Å². The van der Waals surface area contributed by atoms with Crippen molar-refractivity contribution in [1.29, 1.82) is 0 Å². The zero-order valence-corrected chi connectivity index (χ0v) is 10.0. The number of nitrogens with zero attached hydrogens (tertiary/aromatic N) is 5. The Morgan fingerprint density at radius 2 is 1.76 bits per heavy atom. The van der Waals surface area contributed by atoms with Crippen molar-refractivity contribution in [1.82, 2.24) is 19.9 Å². The lowest BCUT2D eigenvalue weighted by Crippen LogP contribution is -2.19. The third kappa shape index (κ3) is 2.96. The van der Waals surface area contributed by atoms with Crippen molar-refractivity contribution in [2.75, 3.05) is 11.9 Å². The van der Waals surface area contributed by atoms with E-state index in [2.05, 4.69) is 19.9 Å². The highest BCUT2D eigenvalue weighted by Crippen LogP contribution is 2.10. The summed E-state index contributed by atoms with van der Waals surface area (Å²) in [6.45, 7) is 2.68. The van der Waals surface area contributed by atoms with Crippen LogP contribution in [0.3, 0.4) is 0 Å². The molecule has 0 atom stereocenters. The average Bonchev–Trinajstić information content (AvgIpc) is 2.40.